The van der Waals surface area contributed by atoms with Gasteiger partial charge in [-0.05, 0) is 35.4 Å². The van der Waals surface area contributed by atoms with Crippen molar-refractivity contribution in [2.45, 2.75) is 18.9 Å². The molecule has 1 atom stereocenters. The maximum atomic E-state index is 11.2. The van der Waals surface area contributed by atoms with Crippen molar-refractivity contribution in [3.05, 3.63) is 66.2 Å². The zero-order valence-corrected chi connectivity index (χ0v) is 13.2. The third-order valence-corrected chi connectivity index (χ3v) is 3.95. The number of nitriles is 1. The molecule has 0 N–H and O–H groups in total. The van der Waals surface area contributed by atoms with Gasteiger partial charge in [-0.1, -0.05) is 30.8 Å². The van der Waals surface area contributed by atoms with E-state index in [1.54, 1.807) is 12.1 Å². The van der Waals surface area contributed by atoms with Crippen molar-refractivity contribution < 1.29 is 14.3 Å². The Morgan fingerprint density at radius 1 is 1.12 bits per heavy atom. The monoisotopic (exact) mass is 319 g/mol. The first-order valence-corrected chi connectivity index (χ1v) is 7.78. The van der Waals surface area contributed by atoms with Crippen LogP contribution in [0.15, 0.2) is 60.7 Å². The maximum absolute atomic E-state index is 11.2. The molecule has 1 saturated heterocycles. The minimum absolute atomic E-state index is 0.122. The van der Waals surface area contributed by atoms with E-state index in [9.17, 15) is 4.79 Å². The molecule has 1 fully saturated rings. The van der Waals surface area contributed by atoms with E-state index < -0.39 is 0 Å². The number of carbonyl (C=O) groups is 1. The Kier molecular flexibility index (Phi) is 4.62. The summed E-state index contributed by atoms with van der Waals surface area (Å²) >= 11 is 0. The second-order valence-corrected chi connectivity index (χ2v) is 5.69. The number of nitrogens with zero attached hydrogens (tertiary/aromatic N) is 1. The second-order valence-electron chi connectivity index (χ2n) is 5.69. The molecule has 120 valence electrons. The molecule has 0 spiro atoms. The molecule has 4 nitrogen and oxygen atoms in total. The fraction of sp³-hybridized carbons (Fsp3) is 0.200. The first-order chi connectivity index (χ1) is 11.7. The highest BCUT2D eigenvalue weighted by atomic mass is 16.6. The Morgan fingerprint density at radius 3 is 2.29 bits per heavy atom. The van der Waals surface area contributed by atoms with E-state index in [1.807, 2.05) is 36.4 Å². The normalized spacial score (nSPS) is 16.5. The van der Waals surface area contributed by atoms with Crippen molar-refractivity contribution in [3.63, 3.8) is 0 Å². The van der Waals surface area contributed by atoms with Gasteiger partial charge in [0.15, 0.2) is 0 Å². The van der Waals surface area contributed by atoms with E-state index in [0.717, 1.165) is 16.9 Å². The lowest BCUT2D eigenvalue weighted by molar-refractivity contribution is -0.139. The molecule has 3 rings (SSSR count). The maximum Gasteiger partial charge on any atom is 0.333 e. The molecule has 0 bridgehead atoms. The topological polar surface area (TPSA) is 59.3 Å². The largest absolute Gasteiger partial charge is 0.493 e. The van der Waals surface area contributed by atoms with Crippen LogP contribution >= 0.6 is 0 Å². The molecule has 0 aliphatic carbocycles. The Labute approximate surface area is 140 Å². The lowest BCUT2D eigenvalue weighted by Crippen LogP contribution is -2.11. The predicted molar refractivity (Wildman–Crippen MR) is 90.3 cm³/mol. The van der Waals surface area contributed by atoms with Crippen LogP contribution in [-0.2, 0) is 9.53 Å². The van der Waals surface area contributed by atoms with Gasteiger partial charge in [-0.2, -0.15) is 5.26 Å². The molecule has 2 aromatic rings. The van der Waals surface area contributed by atoms with Crippen LogP contribution in [0.3, 0.4) is 0 Å². The highest BCUT2D eigenvalue weighted by Gasteiger charge is 2.26. The van der Waals surface area contributed by atoms with E-state index in [1.165, 1.54) is 0 Å². The van der Waals surface area contributed by atoms with E-state index in [-0.39, 0.29) is 12.1 Å². The van der Waals surface area contributed by atoms with Crippen molar-refractivity contribution in [2.75, 3.05) is 6.61 Å². The van der Waals surface area contributed by atoms with E-state index >= 15 is 0 Å². The van der Waals surface area contributed by atoms with Gasteiger partial charge < -0.3 is 9.47 Å². The first-order valence-electron chi connectivity index (χ1n) is 7.78. The van der Waals surface area contributed by atoms with Gasteiger partial charge >= 0.3 is 5.97 Å². The fourth-order valence-corrected chi connectivity index (χ4v) is 2.58. The molecule has 1 aliphatic heterocycles. The highest BCUT2D eigenvalue weighted by Crippen LogP contribution is 2.24. The van der Waals surface area contributed by atoms with Crippen LogP contribution in [0, 0.1) is 11.3 Å². The summed E-state index contributed by atoms with van der Waals surface area (Å²) in [4.78, 5) is 11.2. The van der Waals surface area contributed by atoms with Gasteiger partial charge in [0.2, 0.25) is 0 Å². The van der Waals surface area contributed by atoms with Crippen molar-refractivity contribution in [3.8, 4) is 22.9 Å². The summed E-state index contributed by atoms with van der Waals surface area (Å²) in [7, 11) is 0. The number of esters is 1. The fourth-order valence-electron chi connectivity index (χ4n) is 2.58. The molecular weight excluding hydrogens is 302 g/mol. The predicted octanol–water partition coefficient (Wildman–Crippen LogP) is 3.87. The van der Waals surface area contributed by atoms with Crippen molar-refractivity contribution in [1.29, 1.82) is 5.26 Å². The molecule has 0 aromatic heterocycles. The van der Waals surface area contributed by atoms with Crippen LogP contribution < -0.4 is 4.74 Å². The average molecular weight is 319 g/mol. The number of hydrogen-bond acceptors (Lipinski definition) is 4. The molecule has 2 aromatic carbocycles. The molecule has 1 unspecified atom stereocenters. The summed E-state index contributed by atoms with van der Waals surface area (Å²) in [5, 5.41) is 8.83. The highest BCUT2D eigenvalue weighted by molar-refractivity contribution is 5.89. The molecule has 24 heavy (non-hydrogen) atoms. The van der Waals surface area contributed by atoms with Crippen LogP contribution in [0.5, 0.6) is 5.75 Å². The SMILES string of the molecule is C=C1CC(CCOc2ccc(-c3ccc(C#N)cc3)cc2)OC1=O. The summed E-state index contributed by atoms with van der Waals surface area (Å²) in [5.41, 5.74) is 3.30. The Hall–Kier alpha value is -3.06. The standard InChI is InChI=1S/C20H17NO3/c1-14-12-19(24-20(14)22)10-11-23-18-8-6-17(7-9-18)16-4-2-15(13-21)3-5-16/h2-9,19H,1,10-12H2. The minimum Gasteiger partial charge on any atom is -0.493 e. The van der Waals surface area contributed by atoms with Crippen molar-refractivity contribution in [2.24, 2.45) is 0 Å². The van der Waals surface area contributed by atoms with Crippen LogP contribution in [0.1, 0.15) is 18.4 Å². The number of rotatable bonds is 5. The summed E-state index contributed by atoms with van der Waals surface area (Å²) in [6.07, 6.45) is 1.12. The quantitative estimate of drug-likeness (QED) is 0.620. The number of hydrogen-bond donors (Lipinski definition) is 0. The summed E-state index contributed by atoms with van der Waals surface area (Å²) in [5.74, 6) is 0.474. The zero-order chi connectivity index (χ0) is 16.9. The van der Waals surface area contributed by atoms with Gasteiger partial charge in [-0.15, -0.1) is 0 Å². The minimum atomic E-state index is -0.299. The average Bonchev–Trinajstić information content (AvgIpc) is 2.93. The van der Waals surface area contributed by atoms with Crippen LogP contribution in [-0.4, -0.2) is 18.7 Å². The summed E-state index contributed by atoms with van der Waals surface area (Å²) in [6, 6.07) is 17.3. The van der Waals surface area contributed by atoms with Gasteiger partial charge in [-0.25, -0.2) is 4.79 Å². The van der Waals surface area contributed by atoms with E-state index in [0.29, 0.717) is 30.6 Å². The van der Waals surface area contributed by atoms with Gasteiger partial charge in [0, 0.05) is 18.4 Å². The lowest BCUT2D eigenvalue weighted by Gasteiger charge is -2.10. The molecule has 0 amide bonds. The Morgan fingerprint density at radius 2 is 1.75 bits per heavy atom. The smallest absolute Gasteiger partial charge is 0.333 e. The van der Waals surface area contributed by atoms with Gasteiger partial charge in [0.05, 0.1) is 18.2 Å². The van der Waals surface area contributed by atoms with E-state index in [2.05, 4.69) is 12.6 Å². The lowest BCUT2D eigenvalue weighted by atomic mass is 10.0. The van der Waals surface area contributed by atoms with E-state index in [4.69, 9.17) is 14.7 Å². The third-order valence-electron chi connectivity index (χ3n) is 3.95. The summed E-state index contributed by atoms with van der Waals surface area (Å²) in [6.45, 7) is 4.16. The van der Waals surface area contributed by atoms with Crippen LogP contribution in [0.25, 0.3) is 11.1 Å². The van der Waals surface area contributed by atoms with Crippen LogP contribution in [0.2, 0.25) is 0 Å². The molecule has 1 heterocycles. The number of benzene rings is 2. The van der Waals surface area contributed by atoms with Crippen LogP contribution in [0.4, 0.5) is 0 Å². The Bertz CT molecular complexity index is 769. The number of cyclic esters (lactones) is 1. The molecule has 0 saturated carbocycles. The van der Waals surface area contributed by atoms with Gasteiger partial charge in [0.1, 0.15) is 11.9 Å². The molecule has 1 aliphatic rings. The first kappa shape index (κ1) is 15.8. The van der Waals surface area contributed by atoms with Gasteiger partial charge in [-0.3, -0.25) is 0 Å². The van der Waals surface area contributed by atoms with Crippen molar-refractivity contribution in [1.82, 2.24) is 0 Å². The van der Waals surface area contributed by atoms with Crippen molar-refractivity contribution >= 4 is 5.97 Å². The van der Waals surface area contributed by atoms with Gasteiger partial charge in [0.25, 0.3) is 0 Å². The Balaban J connectivity index is 1.54. The molecular formula is C20H17NO3. The second kappa shape index (κ2) is 7.01. The third kappa shape index (κ3) is 3.64. The molecule has 4 heteroatoms. The summed E-state index contributed by atoms with van der Waals surface area (Å²) < 4.78 is 10.9. The zero-order valence-electron chi connectivity index (χ0n) is 13.2. The number of carbonyl (C=O) groups excluding carboxylic acids is 1. The molecule has 0 radical (unpaired) electrons. The number of ether oxygens (including phenoxy) is 2.